The van der Waals surface area contributed by atoms with Crippen LogP contribution in [0.1, 0.15) is 34.2 Å². The number of nitrogens with zero attached hydrogens (tertiary/aromatic N) is 2. The lowest BCUT2D eigenvalue weighted by Gasteiger charge is -2.06. The van der Waals surface area contributed by atoms with Gasteiger partial charge in [0.2, 0.25) is 0 Å². The number of aryl methyl sites for hydroxylation is 2. The van der Waals surface area contributed by atoms with Crippen LogP contribution in [-0.2, 0) is 12.8 Å². The minimum absolute atomic E-state index is 0.0946. The van der Waals surface area contributed by atoms with Crippen LogP contribution in [0.15, 0.2) is 34.8 Å². The van der Waals surface area contributed by atoms with Crippen molar-refractivity contribution in [3.8, 4) is 0 Å². The smallest absolute Gasteiger partial charge is 0.169 e. The van der Waals surface area contributed by atoms with E-state index in [-0.39, 0.29) is 5.78 Å². The van der Waals surface area contributed by atoms with Crippen molar-refractivity contribution in [3.63, 3.8) is 0 Å². The molecule has 0 saturated heterocycles. The summed E-state index contributed by atoms with van der Waals surface area (Å²) in [4.78, 5) is 12.4. The average Bonchev–Trinajstić information content (AvgIpc) is 2.41. The minimum Gasteiger partial charge on any atom is -0.294 e. The highest BCUT2D eigenvalue weighted by Gasteiger charge is 2.13. The van der Waals surface area contributed by atoms with Gasteiger partial charge in [-0.25, -0.2) is 0 Å². The van der Waals surface area contributed by atoms with Crippen LogP contribution in [0.2, 0.25) is 0 Å². The summed E-state index contributed by atoms with van der Waals surface area (Å²) in [7, 11) is 0. The number of aromatic nitrogens is 2. The standard InChI is InChI=1S/C15H15BrN2O/c1-3-14-13(8-10(2)17-18-14)15(19)9-11-4-6-12(16)7-5-11/h4-8H,3,9H2,1-2H3. The van der Waals surface area contributed by atoms with Crippen LogP contribution in [0.3, 0.4) is 0 Å². The number of rotatable bonds is 4. The highest BCUT2D eigenvalue weighted by Crippen LogP contribution is 2.15. The van der Waals surface area contributed by atoms with Crippen LogP contribution >= 0.6 is 15.9 Å². The zero-order chi connectivity index (χ0) is 13.8. The third-order valence-corrected chi connectivity index (χ3v) is 3.43. The second-order valence-corrected chi connectivity index (χ2v) is 5.34. The van der Waals surface area contributed by atoms with Crippen molar-refractivity contribution in [3.05, 3.63) is 57.3 Å². The largest absolute Gasteiger partial charge is 0.294 e. The Morgan fingerprint density at radius 1 is 1.21 bits per heavy atom. The fourth-order valence-electron chi connectivity index (χ4n) is 1.90. The van der Waals surface area contributed by atoms with E-state index < -0.39 is 0 Å². The second-order valence-electron chi connectivity index (χ2n) is 4.43. The molecule has 4 heteroatoms. The summed E-state index contributed by atoms with van der Waals surface area (Å²) in [6.45, 7) is 3.83. The zero-order valence-corrected chi connectivity index (χ0v) is 12.6. The Morgan fingerprint density at radius 2 is 1.89 bits per heavy atom. The fraction of sp³-hybridized carbons (Fsp3) is 0.267. The molecule has 3 nitrogen and oxygen atoms in total. The third kappa shape index (κ3) is 3.47. The van der Waals surface area contributed by atoms with E-state index in [9.17, 15) is 4.79 Å². The van der Waals surface area contributed by atoms with Crippen LogP contribution in [0, 0.1) is 6.92 Å². The molecule has 0 radical (unpaired) electrons. The van der Waals surface area contributed by atoms with Crippen LogP contribution in [0.5, 0.6) is 0 Å². The lowest BCUT2D eigenvalue weighted by molar-refractivity contribution is 0.0991. The van der Waals surface area contributed by atoms with Gasteiger partial charge in [-0.2, -0.15) is 10.2 Å². The van der Waals surface area contributed by atoms with Gasteiger partial charge < -0.3 is 0 Å². The molecule has 0 atom stereocenters. The number of hydrogen-bond donors (Lipinski definition) is 0. The molecular formula is C15H15BrN2O. The van der Waals surface area contributed by atoms with Crippen molar-refractivity contribution in [1.29, 1.82) is 0 Å². The molecule has 0 saturated carbocycles. The highest BCUT2D eigenvalue weighted by atomic mass is 79.9. The fourth-order valence-corrected chi connectivity index (χ4v) is 2.16. The van der Waals surface area contributed by atoms with E-state index in [4.69, 9.17) is 0 Å². The molecule has 0 aliphatic heterocycles. The number of carbonyl (C=O) groups excluding carboxylic acids is 1. The molecule has 2 aromatic rings. The van der Waals surface area contributed by atoms with Gasteiger partial charge in [0.05, 0.1) is 11.4 Å². The quantitative estimate of drug-likeness (QED) is 0.810. The predicted octanol–water partition coefficient (Wildman–Crippen LogP) is 3.54. The van der Waals surface area contributed by atoms with Gasteiger partial charge in [-0.05, 0) is 37.1 Å². The molecule has 0 fully saturated rings. The Labute approximate surface area is 121 Å². The van der Waals surface area contributed by atoms with Gasteiger partial charge in [-0.3, -0.25) is 4.79 Å². The van der Waals surface area contributed by atoms with Crippen molar-refractivity contribution in [2.75, 3.05) is 0 Å². The Kier molecular flexibility index (Phi) is 4.43. The Bertz CT molecular complexity index is 594. The summed E-state index contributed by atoms with van der Waals surface area (Å²) in [6, 6.07) is 9.62. The first kappa shape index (κ1) is 13.9. The number of Topliss-reactive ketones (excluding diaryl/α,β-unsaturated/α-hetero) is 1. The lowest BCUT2D eigenvalue weighted by atomic mass is 10.0. The third-order valence-electron chi connectivity index (χ3n) is 2.91. The minimum atomic E-state index is 0.0946. The lowest BCUT2D eigenvalue weighted by Crippen LogP contribution is -2.10. The Hall–Kier alpha value is -1.55. The van der Waals surface area contributed by atoms with Crippen LogP contribution in [-0.4, -0.2) is 16.0 Å². The van der Waals surface area contributed by atoms with Crippen LogP contribution in [0.4, 0.5) is 0 Å². The SMILES string of the molecule is CCc1nnc(C)cc1C(=O)Cc1ccc(Br)cc1. The molecule has 1 aromatic heterocycles. The summed E-state index contributed by atoms with van der Waals surface area (Å²) in [6.07, 6.45) is 1.11. The topological polar surface area (TPSA) is 42.9 Å². The summed E-state index contributed by atoms with van der Waals surface area (Å²) < 4.78 is 1.01. The van der Waals surface area contributed by atoms with E-state index in [1.165, 1.54) is 0 Å². The second kappa shape index (κ2) is 6.06. The average molecular weight is 319 g/mol. The van der Waals surface area contributed by atoms with E-state index >= 15 is 0 Å². The molecule has 0 aliphatic rings. The first-order valence-electron chi connectivity index (χ1n) is 6.21. The molecule has 19 heavy (non-hydrogen) atoms. The number of ketones is 1. The maximum atomic E-state index is 12.4. The molecular weight excluding hydrogens is 304 g/mol. The molecule has 98 valence electrons. The number of hydrogen-bond acceptors (Lipinski definition) is 3. The molecule has 0 amide bonds. The van der Waals surface area contributed by atoms with Gasteiger partial charge in [-0.15, -0.1) is 0 Å². The Morgan fingerprint density at radius 3 is 2.53 bits per heavy atom. The number of benzene rings is 1. The van der Waals surface area contributed by atoms with E-state index in [1.807, 2.05) is 44.2 Å². The van der Waals surface area contributed by atoms with Crippen LogP contribution < -0.4 is 0 Å². The van der Waals surface area contributed by atoms with E-state index in [2.05, 4.69) is 26.1 Å². The summed E-state index contributed by atoms with van der Waals surface area (Å²) in [5.41, 5.74) is 3.24. The molecule has 0 bridgehead atoms. The molecule has 1 heterocycles. The van der Waals surface area contributed by atoms with E-state index in [0.717, 1.165) is 21.4 Å². The van der Waals surface area contributed by atoms with E-state index in [1.54, 1.807) is 0 Å². The van der Waals surface area contributed by atoms with Crippen molar-refractivity contribution < 1.29 is 4.79 Å². The van der Waals surface area contributed by atoms with Gasteiger partial charge in [0.15, 0.2) is 5.78 Å². The highest BCUT2D eigenvalue weighted by molar-refractivity contribution is 9.10. The maximum Gasteiger partial charge on any atom is 0.169 e. The van der Waals surface area contributed by atoms with Gasteiger partial charge in [0, 0.05) is 16.5 Å². The molecule has 0 spiro atoms. The number of halogens is 1. The maximum absolute atomic E-state index is 12.4. The van der Waals surface area contributed by atoms with Crippen molar-refractivity contribution in [2.24, 2.45) is 0 Å². The van der Waals surface area contributed by atoms with Gasteiger partial charge >= 0.3 is 0 Å². The van der Waals surface area contributed by atoms with Gasteiger partial charge in [0.25, 0.3) is 0 Å². The Balaban J connectivity index is 2.24. The van der Waals surface area contributed by atoms with E-state index in [0.29, 0.717) is 18.4 Å². The first-order valence-corrected chi connectivity index (χ1v) is 7.00. The molecule has 0 aliphatic carbocycles. The molecule has 1 aromatic carbocycles. The van der Waals surface area contributed by atoms with Gasteiger partial charge in [0.1, 0.15) is 0 Å². The molecule has 0 N–H and O–H groups in total. The normalized spacial score (nSPS) is 10.5. The summed E-state index contributed by atoms with van der Waals surface area (Å²) in [5.74, 6) is 0.0946. The molecule has 2 rings (SSSR count). The van der Waals surface area contributed by atoms with Crippen LogP contribution in [0.25, 0.3) is 0 Å². The zero-order valence-electron chi connectivity index (χ0n) is 11.0. The number of carbonyl (C=O) groups is 1. The monoisotopic (exact) mass is 318 g/mol. The predicted molar refractivity (Wildman–Crippen MR) is 78.3 cm³/mol. The van der Waals surface area contributed by atoms with Crippen molar-refractivity contribution in [2.45, 2.75) is 26.7 Å². The summed E-state index contributed by atoms with van der Waals surface area (Å²) >= 11 is 3.39. The molecule has 0 unspecified atom stereocenters. The van der Waals surface area contributed by atoms with Crippen molar-refractivity contribution in [1.82, 2.24) is 10.2 Å². The first-order chi connectivity index (χ1) is 9.10. The van der Waals surface area contributed by atoms with Crippen molar-refractivity contribution >= 4 is 21.7 Å². The van der Waals surface area contributed by atoms with Gasteiger partial charge in [-0.1, -0.05) is 35.0 Å². The summed E-state index contributed by atoms with van der Waals surface area (Å²) in [5, 5.41) is 8.10.